The van der Waals surface area contributed by atoms with Crippen LogP contribution in [0.4, 0.5) is 5.69 Å². The number of amides is 1. The summed E-state index contributed by atoms with van der Waals surface area (Å²) >= 11 is 5.92. The molecule has 0 bridgehead atoms. The van der Waals surface area contributed by atoms with Crippen molar-refractivity contribution in [3.8, 4) is 5.75 Å². The number of β-lactam (4-membered cyclic amide) rings is 1. The van der Waals surface area contributed by atoms with Gasteiger partial charge < -0.3 is 9.64 Å². The Kier molecular flexibility index (Phi) is 3.60. The van der Waals surface area contributed by atoms with Crippen LogP contribution in [0.1, 0.15) is 18.5 Å². The van der Waals surface area contributed by atoms with Gasteiger partial charge in [-0.25, -0.2) is 0 Å². The van der Waals surface area contributed by atoms with Crippen LogP contribution in [-0.2, 0) is 4.79 Å². The van der Waals surface area contributed by atoms with Gasteiger partial charge in [0.25, 0.3) is 0 Å². The van der Waals surface area contributed by atoms with Gasteiger partial charge in [-0.2, -0.15) is 0 Å². The maximum absolute atomic E-state index is 12.2. The zero-order valence-electron chi connectivity index (χ0n) is 11.9. The molecule has 3 rings (SSSR count). The number of hydrogen-bond acceptors (Lipinski definition) is 2. The van der Waals surface area contributed by atoms with Crippen LogP contribution < -0.4 is 9.64 Å². The highest BCUT2D eigenvalue weighted by atomic mass is 35.5. The first kappa shape index (κ1) is 14.0. The summed E-state index contributed by atoms with van der Waals surface area (Å²) in [6.45, 7) is 1.96. The van der Waals surface area contributed by atoms with Gasteiger partial charge in [-0.15, -0.1) is 0 Å². The van der Waals surface area contributed by atoms with E-state index in [4.69, 9.17) is 16.3 Å². The van der Waals surface area contributed by atoms with Crippen molar-refractivity contribution >= 4 is 23.2 Å². The van der Waals surface area contributed by atoms with Crippen molar-refractivity contribution in [2.75, 3.05) is 12.0 Å². The molecule has 108 valence electrons. The van der Waals surface area contributed by atoms with Crippen molar-refractivity contribution < 1.29 is 9.53 Å². The van der Waals surface area contributed by atoms with Gasteiger partial charge in [0.1, 0.15) is 5.75 Å². The van der Waals surface area contributed by atoms with Crippen LogP contribution in [0.3, 0.4) is 0 Å². The van der Waals surface area contributed by atoms with Crippen LogP contribution in [0.5, 0.6) is 5.75 Å². The van der Waals surface area contributed by atoms with E-state index in [0.717, 1.165) is 17.0 Å². The number of ether oxygens (including phenoxy) is 1. The number of nitrogens with zero attached hydrogens (tertiary/aromatic N) is 1. The molecule has 1 heterocycles. The predicted octanol–water partition coefficient (Wildman–Crippen LogP) is 4.07. The molecule has 2 atom stereocenters. The Bertz CT molecular complexity index is 669. The number of anilines is 1. The maximum Gasteiger partial charge on any atom is 0.232 e. The van der Waals surface area contributed by atoms with E-state index in [0.29, 0.717) is 5.02 Å². The standard InChI is InChI=1S/C17H16ClNO2/c1-11-16(12-4-3-5-15(10-12)21-2)19(17(11)20)14-8-6-13(18)7-9-14/h3-11,16H,1-2H3/t11-,16-/m0/s1. The molecule has 0 spiro atoms. The molecule has 0 aliphatic carbocycles. The van der Waals surface area contributed by atoms with E-state index in [2.05, 4.69) is 0 Å². The lowest BCUT2D eigenvalue weighted by molar-refractivity contribution is -0.129. The van der Waals surface area contributed by atoms with Crippen LogP contribution in [0.25, 0.3) is 0 Å². The highest BCUT2D eigenvalue weighted by molar-refractivity contribution is 6.30. The quantitative estimate of drug-likeness (QED) is 0.800. The first-order valence-corrected chi connectivity index (χ1v) is 7.22. The van der Waals surface area contributed by atoms with E-state index in [-0.39, 0.29) is 17.9 Å². The first-order valence-electron chi connectivity index (χ1n) is 6.84. The molecule has 1 aliphatic rings. The van der Waals surface area contributed by atoms with Gasteiger partial charge in [0.05, 0.1) is 19.1 Å². The third kappa shape index (κ3) is 2.38. The van der Waals surface area contributed by atoms with Gasteiger partial charge in [0.15, 0.2) is 0 Å². The molecule has 1 amide bonds. The molecule has 2 aromatic rings. The Morgan fingerprint density at radius 3 is 2.52 bits per heavy atom. The van der Waals surface area contributed by atoms with Crippen LogP contribution >= 0.6 is 11.6 Å². The van der Waals surface area contributed by atoms with Crippen LogP contribution in [0, 0.1) is 5.92 Å². The van der Waals surface area contributed by atoms with Crippen LogP contribution in [0.2, 0.25) is 5.02 Å². The second-order valence-electron chi connectivity index (χ2n) is 5.19. The minimum absolute atomic E-state index is 0.0345. The highest BCUT2D eigenvalue weighted by Crippen LogP contribution is 2.43. The Hall–Kier alpha value is -2.00. The largest absolute Gasteiger partial charge is 0.497 e. The molecule has 1 aliphatic heterocycles. The van der Waals surface area contributed by atoms with Crippen molar-refractivity contribution in [2.45, 2.75) is 13.0 Å². The van der Waals surface area contributed by atoms with Gasteiger partial charge in [0, 0.05) is 10.7 Å². The van der Waals surface area contributed by atoms with E-state index in [1.54, 1.807) is 19.2 Å². The van der Waals surface area contributed by atoms with Crippen LogP contribution in [-0.4, -0.2) is 13.0 Å². The lowest BCUT2D eigenvalue weighted by Crippen LogP contribution is -2.54. The number of carbonyl (C=O) groups excluding carboxylic acids is 1. The molecule has 1 saturated heterocycles. The maximum atomic E-state index is 12.2. The van der Waals surface area contributed by atoms with Crippen molar-refractivity contribution in [1.82, 2.24) is 0 Å². The summed E-state index contributed by atoms with van der Waals surface area (Å²) in [5.41, 5.74) is 1.95. The molecule has 0 N–H and O–H groups in total. The number of hydrogen-bond donors (Lipinski definition) is 0. The number of benzene rings is 2. The minimum atomic E-state index is -0.0345. The smallest absolute Gasteiger partial charge is 0.232 e. The molecule has 0 unspecified atom stereocenters. The second kappa shape index (κ2) is 5.41. The van der Waals surface area contributed by atoms with E-state index < -0.39 is 0 Å². The normalized spacial score (nSPS) is 21.1. The molecule has 0 saturated carbocycles. The number of halogens is 1. The van der Waals surface area contributed by atoms with Gasteiger partial charge in [-0.1, -0.05) is 30.7 Å². The van der Waals surface area contributed by atoms with Crippen molar-refractivity contribution in [3.63, 3.8) is 0 Å². The van der Waals surface area contributed by atoms with E-state index in [9.17, 15) is 4.79 Å². The van der Waals surface area contributed by atoms with E-state index in [1.165, 1.54) is 0 Å². The molecule has 1 fully saturated rings. The van der Waals surface area contributed by atoms with Gasteiger partial charge in [-0.05, 0) is 42.0 Å². The van der Waals surface area contributed by atoms with Crippen molar-refractivity contribution in [3.05, 3.63) is 59.1 Å². The fraction of sp³-hybridized carbons (Fsp3) is 0.235. The third-order valence-electron chi connectivity index (χ3n) is 3.92. The Labute approximate surface area is 129 Å². The van der Waals surface area contributed by atoms with Crippen LogP contribution in [0.15, 0.2) is 48.5 Å². The minimum Gasteiger partial charge on any atom is -0.497 e. The zero-order valence-corrected chi connectivity index (χ0v) is 12.7. The zero-order chi connectivity index (χ0) is 15.0. The molecule has 4 heteroatoms. The molecule has 0 aromatic heterocycles. The summed E-state index contributed by atoms with van der Waals surface area (Å²) in [6.07, 6.45) is 0. The molecule has 0 radical (unpaired) electrons. The fourth-order valence-corrected chi connectivity index (χ4v) is 2.91. The topological polar surface area (TPSA) is 29.5 Å². The van der Waals surface area contributed by atoms with Crippen molar-refractivity contribution in [1.29, 1.82) is 0 Å². The van der Waals surface area contributed by atoms with E-state index in [1.807, 2.05) is 48.2 Å². The molecule has 21 heavy (non-hydrogen) atoms. The van der Waals surface area contributed by atoms with Gasteiger partial charge >= 0.3 is 0 Å². The average molecular weight is 302 g/mol. The second-order valence-corrected chi connectivity index (χ2v) is 5.63. The molecule has 2 aromatic carbocycles. The number of methoxy groups -OCH3 is 1. The lowest BCUT2D eigenvalue weighted by Gasteiger charge is -2.46. The molecule has 3 nitrogen and oxygen atoms in total. The highest BCUT2D eigenvalue weighted by Gasteiger charge is 2.45. The number of carbonyl (C=O) groups is 1. The molecular weight excluding hydrogens is 286 g/mol. The average Bonchev–Trinajstić information content (AvgIpc) is 2.52. The van der Waals surface area contributed by atoms with Gasteiger partial charge in [-0.3, -0.25) is 4.79 Å². The summed E-state index contributed by atoms with van der Waals surface area (Å²) in [7, 11) is 1.64. The first-order chi connectivity index (χ1) is 10.1. The van der Waals surface area contributed by atoms with Crippen molar-refractivity contribution in [2.24, 2.45) is 5.92 Å². The number of rotatable bonds is 3. The summed E-state index contributed by atoms with van der Waals surface area (Å²) in [6, 6.07) is 15.2. The predicted molar refractivity (Wildman–Crippen MR) is 83.8 cm³/mol. The Balaban J connectivity index is 1.96. The summed E-state index contributed by atoms with van der Waals surface area (Å²) < 4.78 is 5.27. The van der Waals surface area contributed by atoms with Gasteiger partial charge in [0.2, 0.25) is 5.91 Å². The molecular formula is C17H16ClNO2. The SMILES string of the molecule is COc1cccc([C@@H]2[C@H](C)C(=O)N2c2ccc(Cl)cc2)c1. The van der Waals surface area contributed by atoms with E-state index >= 15 is 0 Å². The summed E-state index contributed by atoms with van der Waals surface area (Å²) in [4.78, 5) is 14.1. The summed E-state index contributed by atoms with van der Waals surface area (Å²) in [5, 5.41) is 0.665. The fourth-order valence-electron chi connectivity index (χ4n) is 2.79. The lowest BCUT2D eigenvalue weighted by atomic mass is 9.83. The Morgan fingerprint density at radius 1 is 1.14 bits per heavy atom. The summed E-state index contributed by atoms with van der Waals surface area (Å²) in [5.74, 6) is 0.896. The third-order valence-corrected chi connectivity index (χ3v) is 4.17. The Morgan fingerprint density at radius 2 is 1.86 bits per heavy atom. The monoisotopic (exact) mass is 301 g/mol.